The van der Waals surface area contributed by atoms with Gasteiger partial charge in [-0.1, -0.05) is 0 Å². The third-order valence-electron chi connectivity index (χ3n) is 2.60. The Kier molecular flexibility index (Phi) is 2.85. The first kappa shape index (κ1) is 10.6. The molecular formula is C11H13N3O2. The van der Waals surface area contributed by atoms with Gasteiger partial charge < -0.3 is 10.6 Å². The summed E-state index contributed by atoms with van der Waals surface area (Å²) in [7, 11) is 0. The summed E-state index contributed by atoms with van der Waals surface area (Å²) in [6.07, 6.45) is 3.00. The van der Waals surface area contributed by atoms with Crippen LogP contribution in [0.15, 0.2) is 18.3 Å². The van der Waals surface area contributed by atoms with E-state index in [4.69, 9.17) is 5.73 Å². The first-order valence-electron chi connectivity index (χ1n) is 5.20. The monoisotopic (exact) mass is 219 g/mol. The van der Waals surface area contributed by atoms with Gasteiger partial charge in [-0.2, -0.15) is 0 Å². The number of hydrogen-bond donors (Lipinski definition) is 1. The van der Waals surface area contributed by atoms with E-state index in [1.165, 1.54) is 0 Å². The summed E-state index contributed by atoms with van der Waals surface area (Å²) in [5.74, 6) is 0.177. The molecule has 0 unspecified atom stereocenters. The SMILES string of the molecule is NC(=O)c1cccnc1N1CCCC(=O)C1. The second-order valence-electron chi connectivity index (χ2n) is 3.80. The lowest BCUT2D eigenvalue weighted by Gasteiger charge is -2.27. The molecule has 1 aliphatic rings. The van der Waals surface area contributed by atoms with Crippen LogP contribution in [0, 0.1) is 0 Å². The molecule has 2 heterocycles. The summed E-state index contributed by atoms with van der Waals surface area (Å²) in [5.41, 5.74) is 5.64. The number of pyridine rings is 1. The number of aromatic nitrogens is 1. The molecule has 0 spiro atoms. The molecule has 0 saturated carbocycles. The van der Waals surface area contributed by atoms with Gasteiger partial charge >= 0.3 is 0 Å². The van der Waals surface area contributed by atoms with Crippen molar-refractivity contribution < 1.29 is 9.59 Å². The number of carbonyl (C=O) groups is 2. The molecular weight excluding hydrogens is 206 g/mol. The smallest absolute Gasteiger partial charge is 0.252 e. The lowest BCUT2D eigenvalue weighted by atomic mass is 10.1. The summed E-state index contributed by atoms with van der Waals surface area (Å²) in [6.45, 7) is 1.06. The van der Waals surface area contributed by atoms with Gasteiger partial charge in [-0.05, 0) is 18.6 Å². The van der Waals surface area contributed by atoms with Crippen LogP contribution < -0.4 is 10.6 Å². The maximum absolute atomic E-state index is 11.3. The molecule has 84 valence electrons. The van der Waals surface area contributed by atoms with E-state index in [1.807, 2.05) is 4.90 Å². The molecule has 1 saturated heterocycles. The number of carbonyl (C=O) groups excluding carboxylic acids is 2. The fourth-order valence-corrected chi connectivity index (χ4v) is 1.86. The molecule has 1 aliphatic heterocycles. The van der Waals surface area contributed by atoms with Gasteiger partial charge in [-0.15, -0.1) is 0 Å². The third kappa shape index (κ3) is 2.03. The van der Waals surface area contributed by atoms with Crippen molar-refractivity contribution in [3.63, 3.8) is 0 Å². The summed E-state index contributed by atoms with van der Waals surface area (Å²) in [6, 6.07) is 3.29. The molecule has 5 heteroatoms. The Morgan fingerprint density at radius 3 is 3.00 bits per heavy atom. The van der Waals surface area contributed by atoms with Crippen LogP contribution in [-0.2, 0) is 4.79 Å². The summed E-state index contributed by atoms with van der Waals surface area (Å²) < 4.78 is 0. The van der Waals surface area contributed by atoms with E-state index in [9.17, 15) is 9.59 Å². The molecule has 0 atom stereocenters. The second-order valence-corrected chi connectivity index (χ2v) is 3.80. The van der Waals surface area contributed by atoms with Crippen LogP contribution in [0.1, 0.15) is 23.2 Å². The molecule has 0 radical (unpaired) electrons. The van der Waals surface area contributed by atoms with Crippen molar-refractivity contribution in [2.24, 2.45) is 5.73 Å². The molecule has 2 N–H and O–H groups in total. The number of nitrogens with two attached hydrogens (primary N) is 1. The van der Waals surface area contributed by atoms with Gasteiger partial charge in [0, 0.05) is 19.2 Å². The molecule has 5 nitrogen and oxygen atoms in total. The fourth-order valence-electron chi connectivity index (χ4n) is 1.86. The van der Waals surface area contributed by atoms with E-state index in [2.05, 4.69) is 4.98 Å². The zero-order valence-electron chi connectivity index (χ0n) is 8.85. The molecule has 0 aliphatic carbocycles. The van der Waals surface area contributed by atoms with Crippen LogP contribution >= 0.6 is 0 Å². The largest absolute Gasteiger partial charge is 0.365 e. The van der Waals surface area contributed by atoms with Crippen LogP contribution in [0.4, 0.5) is 5.82 Å². The highest BCUT2D eigenvalue weighted by Gasteiger charge is 2.21. The molecule has 1 fully saturated rings. The van der Waals surface area contributed by atoms with Gasteiger partial charge in [0.15, 0.2) is 5.78 Å². The highest BCUT2D eigenvalue weighted by molar-refractivity contribution is 5.98. The number of hydrogen-bond acceptors (Lipinski definition) is 4. The maximum atomic E-state index is 11.3. The van der Waals surface area contributed by atoms with Gasteiger partial charge in [-0.3, -0.25) is 9.59 Å². The van der Waals surface area contributed by atoms with Crippen molar-refractivity contribution in [1.82, 2.24) is 4.98 Å². The number of amides is 1. The van der Waals surface area contributed by atoms with Crippen LogP contribution in [0.25, 0.3) is 0 Å². The van der Waals surface area contributed by atoms with Gasteiger partial charge in [0.2, 0.25) is 0 Å². The maximum Gasteiger partial charge on any atom is 0.252 e. The average Bonchev–Trinajstić information content (AvgIpc) is 2.29. The first-order chi connectivity index (χ1) is 7.68. The highest BCUT2D eigenvalue weighted by atomic mass is 16.1. The van der Waals surface area contributed by atoms with Crippen LogP contribution in [0.5, 0.6) is 0 Å². The van der Waals surface area contributed by atoms with Gasteiger partial charge in [0.25, 0.3) is 5.91 Å². The fraction of sp³-hybridized carbons (Fsp3) is 0.364. The lowest BCUT2D eigenvalue weighted by molar-refractivity contribution is -0.118. The molecule has 2 rings (SSSR count). The quantitative estimate of drug-likeness (QED) is 0.778. The van der Waals surface area contributed by atoms with Crippen molar-refractivity contribution in [2.75, 3.05) is 18.0 Å². The van der Waals surface area contributed by atoms with Crippen LogP contribution in [0.3, 0.4) is 0 Å². The average molecular weight is 219 g/mol. The Morgan fingerprint density at radius 1 is 1.50 bits per heavy atom. The Bertz CT molecular complexity index is 431. The third-order valence-corrected chi connectivity index (χ3v) is 2.60. The number of ketones is 1. The Labute approximate surface area is 93.3 Å². The standard InChI is InChI=1S/C11H13N3O2/c12-10(16)9-4-1-5-13-11(9)14-6-2-3-8(15)7-14/h1,4-5H,2-3,6-7H2,(H2,12,16). The van der Waals surface area contributed by atoms with Crippen molar-refractivity contribution in [1.29, 1.82) is 0 Å². The summed E-state index contributed by atoms with van der Waals surface area (Å²) in [5, 5.41) is 0. The van der Waals surface area contributed by atoms with Gasteiger partial charge in [0.05, 0.1) is 12.1 Å². The Hall–Kier alpha value is -1.91. The normalized spacial score (nSPS) is 16.2. The first-order valence-corrected chi connectivity index (χ1v) is 5.20. The van der Waals surface area contributed by atoms with Crippen molar-refractivity contribution >= 4 is 17.5 Å². The number of primary amides is 1. The second kappa shape index (κ2) is 4.30. The summed E-state index contributed by atoms with van der Waals surface area (Å²) in [4.78, 5) is 28.5. The van der Waals surface area contributed by atoms with E-state index in [0.29, 0.717) is 24.3 Å². The molecule has 1 amide bonds. The van der Waals surface area contributed by atoms with E-state index in [1.54, 1.807) is 18.3 Å². The van der Waals surface area contributed by atoms with E-state index in [-0.39, 0.29) is 5.78 Å². The molecule has 16 heavy (non-hydrogen) atoms. The Morgan fingerprint density at radius 2 is 2.31 bits per heavy atom. The van der Waals surface area contributed by atoms with Gasteiger partial charge in [-0.25, -0.2) is 4.98 Å². The van der Waals surface area contributed by atoms with Crippen LogP contribution in [0.2, 0.25) is 0 Å². The zero-order chi connectivity index (χ0) is 11.5. The Balaban J connectivity index is 2.32. The number of piperidine rings is 1. The number of nitrogens with zero attached hydrogens (tertiary/aromatic N) is 2. The predicted octanol–water partition coefficient (Wildman–Crippen LogP) is 0.350. The number of Topliss-reactive ketones (excluding diaryl/α,β-unsaturated/α-hetero) is 1. The topological polar surface area (TPSA) is 76.3 Å². The van der Waals surface area contributed by atoms with Crippen LogP contribution in [-0.4, -0.2) is 29.8 Å². The van der Waals surface area contributed by atoms with Crippen molar-refractivity contribution in [3.8, 4) is 0 Å². The van der Waals surface area contributed by atoms with Crippen molar-refractivity contribution in [3.05, 3.63) is 23.9 Å². The minimum absolute atomic E-state index is 0.173. The highest BCUT2D eigenvalue weighted by Crippen LogP contribution is 2.19. The minimum atomic E-state index is -0.513. The van der Waals surface area contributed by atoms with E-state index >= 15 is 0 Å². The number of rotatable bonds is 2. The van der Waals surface area contributed by atoms with E-state index in [0.717, 1.165) is 13.0 Å². The molecule has 1 aromatic heterocycles. The minimum Gasteiger partial charge on any atom is -0.365 e. The summed E-state index contributed by atoms with van der Waals surface area (Å²) >= 11 is 0. The molecule has 0 bridgehead atoms. The lowest BCUT2D eigenvalue weighted by Crippen LogP contribution is -2.37. The molecule has 0 aromatic carbocycles. The predicted molar refractivity (Wildman–Crippen MR) is 59.2 cm³/mol. The van der Waals surface area contributed by atoms with E-state index < -0.39 is 5.91 Å². The van der Waals surface area contributed by atoms with Crippen molar-refractivity contribution in [2.45, 2.75) is 12.8 Å². The molecule has 1 aromatic rings. The number of anilines is 1. The van der Waals surface area contributed by atoms with Gasteiger partial charge in [0.1, 0.15) is 5.82 Å². The zero-order valence-corrected chi connectivity index (χ0v) is 8.85.